The van der Waals surface area contributed by atoms with Crippen molar-refractivity contribution in [1.82, 2.24) is 10.6 Å². The summed E-state index contributed by atoms with van der Waals surface area (Å²) in [5, 5.41) is 14.8. The molecule has 0 bridgehead atoms. The first-order valence-corrected chi connectivity index (χ1v) is 6.79. The Hall–Kier alpha value is -1.30. The van der Waals surface area contributed by atoms with Gasteiger partial charge in [-0.2, -0.15) is 0 Å². The molecule has 0 saturated carbocycles. The summed E-state index contributed by atoms with van der Waals surface area (Å²) in [7, 11) is 0. The number of urea groups is 1. The third kappa shape index (κ3) is 3.83. The highest BCUT2D eigenvalue weighted by molar-refractivity contribution is 5.86. The van der Waals surface area contributed by atoms with E-state index < -0.39 is 17.5 Å². The van der Waals surface area contributed by atoms with Gasteiger partial charge in [-0.1, -0.05) is 13.8 Å². The molecular weight excluding hydrogens is 248 g/mol. The van der Waals surface area contributed by atoms with Gasteiger partial charge >= 0.3 is 12.0 Å². The minimum Gasteiger partial charge on any atom is -0.480 e. The summed E-state index contributed by atoms with van der Waals surface area (Å²) in [6.45, 7) is 6.70. The zero-order valence-corrected chi connectivity index (χ0v) is 11.9. The van der Waals surface area contributed by atoms with Crippen molar-refractivity contribution < 1.29 is 19.4 Å². The Labute approximate surface area is 113 Å². The molecule has 1 rings (SSSR count). The van der Waals surface area contributed by atoms with Gasteiger partial charge < -0.3 is 20.5 Å². The molecule has 6 nitrogen and oxygen atoms in total. The summed E-state index contributed by atoms with van der Waals surface area (Å²) >= 11 is 0. The van der Waals surface area contributed by atoms with Crippen LogP contribution in [0.5, 0.6) is 0 Å². The number of ether oxygens (including phenoxy) is 1. The number of carboxylic acid groups (broad SMARTS) is 1. The average Bonchev–Trinajstić information content (AvgIpc) is 2.36. The first kappa shape index (κ1) is 15.8. The second kappa shape index (κ2) is 6.23. The maximum Gasteiger partial charge on any atom is 0.329 e. The molecule has 0 spiro atoms. The number of carbonyl (C=O) groups excluding carboxylic acids is 1. The molecule has 0 aromatic heterocycles. The van der Waals surface area contributed by atoms with E-state index in [0.29, 0.717) is 26.1 Å². The fourth-order valence-corrected chi connectivity index (χ4v) is 2.25. The Morgan fingerprint density at radius 3 is 2.21 bits per heavy atom. The molecule has 1 aliphatic heterocycles. The van der Waals surface area contributed by atoms with Crippen molar-refractivity contribution in [2.75, 3.05) is 13.2 Å². The van der Waals surface area contributed by atoms with E-state index >= 15 is 0 Å². The maximum atomic E-state index is 12.0. The Balaban J connectivity index is 2.65. The number of hydrogen-bond acceptors (Lipinski definition) is 3. The molecule has 2 amide bonds. The summed E-state index contributed by atoms with van der Waals surface area (Å²) in [6.07, 6.45) is 2.18. The average molecular weight is 272 g/mol. The molecule has 1 fully saturated rings. The van der Waals surface area contributed by atoms with Gasteiger partial charge in [0.25, 0.3) is 0 Å². The fraction of sp³-hybridized carbons (Fsp3) is 0.846. The van der Waals surface area contributed by atoms with Gasteiger partial charge in [0.05, 0.1) is 0 Å². The Kier molecular flexibility index (Phi) is 5.17. The molecule has 110 valence electrons. The quantitative estimate of drug-likeness (QED) is 0.707. The van der Waals surface area contributed by atoms with E-state index in [0.717, 1.165) is 12.8 Å². The van der Waals surface area contributed by atoms with Crippen LogP contribution in [-0.4, -0.2) is 41.4 Å². The van der Waals surface area contributed by atoms with Gasteiger partial charge in [0.1, 0.15) is 5.54 Å². The number of hydrogen-bond donors (Lipinski definition) is 3. The van der Waals surface area contributed by atoms with Crippen molar-refractivity contribution in [3.8, 4) is 0 Å². The minimum absolute atomic E-state index is 0.325. The number of aliphatic carboxylic acids is 1. The molecule has 1 heterocycles. The van der Waals surface area contributed by atoms with Crippen LogP contribution in [0.25, 0.3) is 0 Å². The summed E-state index contributed by atoms with van der Waals surface area (Å²) in [6, 6.07) is -0.421. The van der Waals surface area contributed by atoms with Gasteiger partial charge in [-0.15, -0.1) is 0 Å². The number of carbonyl (C=O) groups is 2. The normalized spacial score (nSPS) is 18.7. The van der Waals surface area contributed by atoms with E-state index in [4.69, 9.17) is 4.74 Å². The monoisotopic (exact) mass is 272 g/mol. The molecule has 0 unspecified atom stereocenters. The molecular formula is C13H24N2O4. The van der Waals surface area contributed by atoms with Crippen LogP contribution in [0, 0.1) is 0 Å². The van der Waals surface area contributed by atoms with E-state index in [2.05, 4.69) is 10.6 Å². The van der Waals surface area contributed by atoms with Crippen LogP contribution in [0.3, 0.4) is 0 Å². The Bertz CT molecular complexity index is 334. The molecule has 0 aromatic rings. The second-order valence-corrected chi connectivity index (χ2v) is 5.35. The molecule has 0 aromatic carbocycles. The van der Waals surface area contributed by atoms with Gasteiger partial charge in [-0.25, -0.2) is 9.59 Å². The van der Waals surface area contributed by atoms with Crippen LogP contribution >= 0.6 is 0 Å². The zero-order chi connectivity index (χ0) is 14.5. The smallest absolute Gasteiger partial charge is 0.329 e. The third-order valence-electron chi connectivity index (χ3n) is 3.98. The highest BCUT2D eigenvalue weighted by Crippen LogP contribution is 2.20. The van der Waals surface area contributed by atoms with Gasteiger partial charge in [-0.3, -0.25) is 0 Å². The van der Waals surface area contributed by atoms with Crippen molar-refractivity contribution in [3.05, 3.63) is 0 Å². The van der Waals surface area contributed by atoms with Crippen LogP contribution in [0.4, 0.5) is 4.79 Å². The van der Waals surface area contributed by atoms with Gasteiger partial charge in [0, 0.05) is 18.8 Å². The first-order valence-electron chi connectivity index (χ1n) is 6.79. The van der Waals surface area contributed by atoms with E-state index in [1.54, 1.807) is 13.8 Å². The standard InChI is InChI=1S/C13H24N2O4/c1-4-13(5-2,10(16)17)15-11(18)14-12(3)6-8-19-9-7-12/h4-9H2,1-3H3,(H,16,17)(H2,14,15,18). The highest BCUT2D eigenvalue weighted by Gasteiger charge is 2.38. The fourth-order valence-electron chi connectivity index (χ4n) is 2.25. The Morgan fingerprint density at radius 2 is 1.79 bits per heavy atom. The van der Waals surface area contributed by atoms with Crippen LogP contribution in [0.1, 0.15) is 46.5 Å². The number of carboxylic acids is 1. The van der Waals surface area contributed by atoms with Crippen LogP contribution in [0.15, 0.2) is 0 Å². The zero-order valence-electron chi connectivity index (χ0n) is 11.9. The van der Waals surface area contributed by atoms with E-state index in [1.165, 1.54) is 0 Å². The van der Waals surface area contributed by atoms with Crippen molar-refractivity contribution in [3.63, 3.8) is 0 Å². The molecule has 1 aliphatic rings. The lowest BCUT2D eigenvalue weighted by molar-refractivity contribution is -0.144. The predicted octanol–water partition coefficient (Wildman–Crippen LogP) is 1.50. The van der Waals surface area contributed by atoms with Crippen molar-refractivity contribution >= 4 is 12.0 Å². The molecule has 6 heteroatoms. The molecule has 0 radical (unpaired) electrons. The maximum absolute atomic E-state index is 12.0. The number of nitrogens with one attached hydrogen (secondary N) is 2. The summed E-state index contributed by atoms with van der Waals surface area (Å²) in [5.41, 5.74) is -1.51. The van der Waals surface area contributed by atoms with Gasteiger partial charge in [-0.05, 0) is 32.6 Å². The van der Waals surface area contributed by atoms with Crippen LogP contribution < -0.4 is 10.6 Å². The lowest BCUT2D eigenvalue weighted by Crippen LogP contribution is -2.60. The van der Waals surface area contributed by atoms with Crippen molar-refractivity contribution in [2.24, 2.45) is 0 Å². The summed E-state index contributed by atoms with van der Waals surface area (Å²) in [5.74, 6) is -0.996. The summed E-state index contributed by atoms with van der Waals surface area (Å²) < 4.78 is 5.26. The Morgan fingerprint density at radius 1 is 1.26 bits per heavy atom. The van der Waals surface area contributed by atoms with Crippen LogP contribution in [-0.2, 0) is 9.53 Å². The summed E-state index contributed by atoms with van der Waals surface area (Å²) in [4.78, 5) is 23.4. The largest absolute Gasteiger partial charge is 0.480 e. The number of amides is 2. The lowest BCUT2D eigenvalue weighted by Gasteiger charge is -2.36. The molecule has 1 saturated heterocycles. The third-order valence-corrected chi connectivity index (χ3v) is 3.98. The van der Waals surface area contributed by atoms with E-state index in [1.807, 2.05) is 6.92 Å². The van der Waals surface area contributed by atoms with E-state index in [9.17, 15) is 14.7 Å². The van der Waals surface area contributed by atoms with Crippen molar-refractivity contribution in [1.29, 1.82) is 0 Å². The van der Waals surface area contributed by atoms with Crippen molar-refractivity contribution in [2.45, 2.75) is 57.5 Å². The van der Waals surface area contributed by atoms with E-state index in [-0.39, 0.29) is 5.54 Å². The topological polar surface area (TPSA) is 87.7 Å². The molecule has 0 aliphatic carbocycles. The van der Waals surface area contributed by atoms with Crippen LogP contribution in [0.2, 0.25) is 0 Å². The molecule has 19 heavy (non-hydrogen) atoms. The highest BCUT2D eigenvalue weighted by atomic mass is 16.5. The van der Waals surface area contributed by atoms with Gasteiger partial charge in [0.15, 0.2) is 0 Å². The number of rotatable bonds is 5. The SMILES string of the molecule is CCC(CC)(NC(=O)NC1(C)CCOCC1)C(=O)O. The minimum atomic E-state index is -1.19. The lowest BCUT2D eigenvalue weighted by atomic mass is 9.91. The second-order valence-electron chi connectivity index (χ2n) is 5.35. The van der Waals surface area contributed by atoms with Gasteiger partial charge in [0.2, 0.25) is 0 Å². The molecule has 0 atom stereocenters. The first-order chi connectivity index (χ1) is 8.87. The predicted molar refractivity (Wildman–Crippen MR) is 71.1 cm³/mol. The molecule has 3 N–H and O–H groups in total.